The van der Waals surface area contributed by atoms with Crippen LogP contribution in [-0.4, -0.2) is 27.8 Å². The Morgan fingerprint density at radius 3 is 2.75 bits per heavy atom. The van der Waals surface area contributed by atoms with Crippen LogP contribution in [0.15, 0.2) is 46.9 Å². The zero-order valence-corrected chi connectivity index (χ0v) is 16.1. The molecule has 3 aromatic rings. The minimum atomic E-state index is -0.584. The molecule has 5 nitrogen and oxygen atoms in total. The molecule has 28 heavy (non-hydrogen) atoms. The number of hydrogen-bond donors (Lipinski definition) is 0. The third kappa shape index (κ3) is 3.98. The molecule has 146 valence electrons. The summed E-state index contributed by atoms with van der Waals surface area (Å²) in [5.41, 5.74) is 1.14. The minimum Gasteiger partial charge on any atom is -0.496 e. The average molecular weight is 403 g/mol. The first kappa shape index (κ1) is 18.8. The summed E-state index contributed by atoms with van der Waals surface area (Å²) in [6, 6.07) is 11.4. The van der Waals surface area contributed by atoms with Gasteiger partial charge in [-0.15, -0.1) is 5.10 Å². The Morgan fingerprint density at radius 2 is 2.04 bits per heavy atom. The van der Waals surface area contributed by atoms with Crippen molar-refractivity contribution >= 4 is 12.2 Å². The molecule has 1 saturated carbocycles. The number of rotatable bonds is 7. The second-order valence-corrected chi connectivity index (χ2v) is 7.08. The number of ether oxygens (including phenoxy) is 1. The van der Waals surface area contributed by atoms with E-state index in [-0.39, 0.29) is 4.84 Å². The van der Waals surface area contributed by atoms with Crippen LogP contribution in [0.1, 0.15) is 18.4 Å². The van der Waals surface area contributed by atoms with Crippen molar-refractivity contribution in [2.45, 2.75) is 32.1 Å². The topological polar surface area (TPSA) is 43.4 Å². The van der Waals surface area contributed by atoms with Gasteiger partial charge in [-0.3, -0.25) is 4.90 Å². The van der Waals surface area contributed by atoms with E-state index in [1.54, 1.807) is 11.8 Å². The normalized spacial score (nSPS) is 13.9. The van der Waals surface area contributed by atoms with Crippen LogP contribution in [0, 0.1) is 16.5 Å². The van der Waals surface area contributed by atoms with Gasteiger partial charge in [0.15, 0.2) is 0 Å². The Morgan fingerprint density at radius 1 is 1.25 bits per heavy atom. The molecule has 0 spiro atoms. The third-order valence-corrected chi connectivity index (χ3v) is 5.01. The van der Waals surface area contributed by atoms with Crippen LogP contribution in [0.2, 0.25) is 0 Å². The quantitative estimate of drug-likeness (QED) is 0.531. The predicted molar refractivity (Wildman–Crippen MR) is 102 cm³/mol. The first-order valence-electron chi connectivity index (χ1n) is 8.94. The summed E-state index contributed by atoms with van der Waals surface area (Å²) >= 11 is 5.33. The number of aromatic nitrogens is 2. The Hall–Kier alpha value is -2.58. The standard InChI is InChI=1S/C20H19F2N3O2S/c1-26-18-5-3-2-4-16(18)19-23-25(20(28)27-19)12-24(15-8-9-15)11-13-6-7-14(21)10-17(13)22/h2-7,10,15H,8-9,11-12H2,1H3. The van der Waals surface area contributed by atoms with E-state index in [2.05, 4.69) is 10.00 Å². The molecule has 1 aromatic heterocycles. The highest BCUT2D eigenvalue weighted by Gasteiger charge is 2.30. The van der Waals surface area contributed by atoms with E-state index in [1.165, 1.54) is 12.1 Å². The van der Waals surface area contributed by atoms with Gasteiger partial charge in [-0.1, -0.05) is 18.2 Å². The zero-order valence-electron chi connectivity index (χ0n) is 15.3. The highest BCUT2D eigenvalue weighted by molar-refractivity contribution is 7.71. The number of methoxy groups -OCH3 is 1. The van der Waals surface area contributed by atoms with Gasteiger partial charge in [0.05, 0.1) is 19.3 Å². The Labute approximate surface area is 166 Å². The smallest absolute Gasteiger partial charge is 0.288 e. The van der Waals surface area contributed by atoms with E-state index in [1.807, 2.05) is 24.3 Å². The van der Waals surface area contributed by atoms with E-state index in [4.69, 9.17) is 21.4 Å². The van der Waals surface area contributed by atoms with Gasteiger partial charge in [0.2, 0.25) is 0 Å². The molecule has 8 heteroatoms. The highest BCUT2D eigenvalue weighted by Crippen LogP contribution is 2.31. The number of hydrogen-bond acceptors (Lipinski definition) is 5. The molecular weight excluding hydrogens is 384 g/mol. The number of benzene rings is 2. The van der Waals surface area contributed by atoms with Crippen molar-refractivity contribution in [2.75, 3.05) is 7.11 Å². The molecule has 0 unspecified atom stereocenters. The first-order valence-corrected chi connectivity index (χ1v) is 9.35. The molecule has 0 aliphatic heterocycles. The van der Waals surface area contributed by atoms with Gasteiger partial charge >= 0.3 is 0 Å². The van der Waals surface area contributed by atoms with Gasteiger partial charge in [-0.05, 0) is 43.3 Å². The zero-order chi connectivity index (χ0) is 19.7. The molecule has 0 saturated heterocycles. The number of halogens is 2. The lowest BCUT2D eigenvalue weighted by atomic mass is 10.2. The summed E-state index contributed by atoms with van der Waals surface area (Å²) in [5.74, 6) is -0.131. The molecule has 1 heterocycles. The molecule has 1 aliphatic carbocycles. The van der Waals surface area contributed by atoms with Gasteiger partial charge < -0.3 is 9.15 Å². The van der Waals surface area contributed by atoms with Crippen LogP contribution in [-0.2, 0) is 13.2 Å². The second kappa shape index (κ2) is 7.81. The van der Waals surface area contributed by atoms with Crippen molar-refractivity contribution in [1.82, 2.24) is 14.7 Å². The van der Waals surface area contributed by atoms with Crippen LogP contribution in [0.25, 0.3) is 11.5 Å². The Kier molecular flexibility index (Phi) is 5.23. The maximum absolute atomic E-state index is 14.1. The van der Waals surface area contributed by atoms with Crippen molar-refractivity contribution in [3.8, 4) is 17.2 Å². The molecule has 1 fully saturated rings. The average Bonchev–Trinajstić information content (AvgIpc) is 3.47. The van der Waals surface area contributed by atoms with Crippen LogP contribution in [0.3, 0.4) is 0 Å². The van der Waals surface area contributed by atoms with Crippen molar-refractivity contribution < 1.29 is 17.9 Å². The minimum absolute atomic E-state index is 0.228. The summed E-state index contributed by atoms with van der Waals surface area (Å²) in [5, 5.41) is 4.49. The monoisotopic (exact) mass is 403 g/mol. The van der Waals surface area contributed by atoms with Crippen molar-refractivity contribution in [1.29, 1.82) is 0 Å². The summed E-state index contributed by atoms with van der Waals surface area (Å²) < 4.78 is 39.9. The van der Waals surface area contributed by atoms with Crippen molar-refractivity contribution in [3.63, 3.8) is 0 Å². The Bertz CT molecular complexity index is 1050. The van der Waals surface area contributed by atoms with Gasteiger partial charge in [0.25, 0.3) is 10.7 Å². The van der Waals surface area contributed by atoms with Crippen LogP contribution >= 0.6 is 12.2 Å². The predicted octanol–water partition coefficient (Wildman–Crippen LogP) is 4.78. The van der Waals surface area contributed by atoms with Crippen molar-refractivity contribution in [3.05, 3.63) is 64.5 Å². The Balaban J connectivity index is 1.58. The molecular formula is C20H19F2N3O2S. The highest BCUT2D eigenvalue weighted by atomic mass is 32.1. The summed E-state index contributed by atoms with van der Waals surface area (Å²) in [7, 11) is 1.58. The largest absolute Gasteiger partial charge is 0.496 e. The molecule has 0 atom stereocenters. The fourth-order valence-corrected chi connectivity index (χ4v) is 3.28. The second-order valence-electron chi connectivity index (χ2n) is 6.73. The van der Waals surface area contributed by atoms with E-state index < -0.39 is 11.6 Å². The van der Waals surface area contributed by atoms with Crippen LogP contribution in [0.5, 0.6) is 5.75 Å². The van der Waals surface area contributed by atoms with Crippen LogP contribution < -0.4 is 4.74 Å². The fraction of sp³-hybridized carbons (Fsp3) is 0.300. The van der Waals surface area contributed by atoms with Crippen molar-refractivity contribution in [2.24, 2.45) is 0 Å². The van der Waals surface area contributed by atoms with E-state index in [0.29, 0.717) is 42.0 Å². The molecule has 0 radical (unpaired) electrons. The lowest BCUT2D eigenvalue weighted by Gasteiger charge is -2.21. The lowest BCUT2D eigenvalue weighted by Crippen LogP contribution is -2.29. The third-order valence-electron chi connectivity index (χ3n) is 4.71. The van der Waals surface area contributed by atoms with E-state index in [9.17, 15) is 8.78 Å². The summed E-state index contributed by atoms with van der Waals surface area (Å²) in [6.07, 6.45) is 2.04. The first-order chi connectivity index (χ1) is 13.5. The van der Waals surface area contributed by atoms with Gasteiger partial charge in [-0.25, -0.2) is 13.5 Å². The molecule has 0 N–H and O–H groups in total. The maximum atomic E-state index is 14.1. The van der Waals surface area contributed by atoms with Gasteiger partial charge in [0, 0.05) is 24.2 Å². The number of nitrogens with zero attached hydrogens (tertiary/aromatic N) is 3. The maximum Gasteiger partial charge on any atom is 0.288 e. The molecule has 1 aliphatic rings. The fourth-order valence-electron chi connectivity index (χ4n) is 3.10. The van der Waals surface area contributed by atoms with E-state index >= 15 is 0 Å². The van der Waals surface area contributed by atoms with Crippen LogP contribution in [0.4, 0.5) is 8.78 Å². The van der Waals surface area contributed by atoms with Gasteiger partial charge in [-0.2, -0.15) is 0 Å². The molecule has 2 aromatic carbocycles. The van der Waals surface area contributed by atoms with Gasteiger partial charge in [0.1, 0.15) is 17.4 Å². The van der Waals surface area contributed by atoms with E-state index in [0.717, 1.165) is 18.9 Å². The SMILES string of the molecule is COc1ccccc1-c1nn(CN(Cc2ccc(F)cc2F)C2CC2)c(=S)o1. The molecule has 4 rings (SSSR count). The lowest BCUT2D eigenvalue weighted by molar-refractivity contribution is 0.182. The number of para-hydroxylation sites is 1. The summed E-state index contributed by atoms with van der Waals surface area (Å²) in [4.78, 5) is 2.30. The molecule has 0 bridgehead atoms. The molecule has 0 amide bonds. The summed E-state index contributed by atoms with van der Waals surface area (Å²) in [6.45, 7) is 0.703.